The first-order valence-electron chi connectivity index (χ1n) is 5.54. The molecule has 0 aliphatic carbocycles. The summed E-state index contributed by atoms with van der Waals surface area (Å²) in [5.41, 5.74) is -0.0584. The molecule has 6 heteroatoms. The smallest absolute Gasteiger partial charge is 0.160 e. The Balaban J connectivity index is 2.28. The average Bonchev–Trinajstić information content (AvgIpc) is 2.44. The van der Waals surface area contributed by atoms with Gasteiger partial charge in [0.2, 0.25) is 0 Å². The van der Waals surface area contributed by atoms with Gasteiger partial charge in [-0.25, -0.2) is 13.2 Å². The third-order valence-electron chi connectivity index (χ3n) is 2.64. The van der Waals surface area contributed by atoms with E-state index in [1.54, 1.807) is 6.07 Å². The Kier molecular flexibility index (Phi) is 4.20. The van der Waals surface area contributed by atoms with Gasteiger partial charge in [-0.1, -0.05) is 12.1 Å². The molecule has 0 bridgehead atoms. The van der Waals surface area contributed by atoms with E-state index in [4.69, 9.17) is 5.26 Å². The van der Waals surface area contributed by atoms with Crippen LogP contribution in [0.2, 0.25) is 0 Å². The van der Waals surface area contributed by atoms with Gasteiger partial charge in [0.25, 0.3) is 0 Å². The zero-order chi connectivity index (χ0) is 14.7. The zero-order valence-corrected chi connectivity index (χ0v) is 10.9. The van der Waals surface area contributed by atoms with Crippen molar-refractivity contribution >= 4 is 10.8 Å². The molecule has 2 aromatic carbocycles. The van der Waals surface area contributed by atoms with E-state index >= 15 is 0 Å². The Labute approximate surface area is 115 Å². The molecule has 0 radical (unpaired) electrons. The van der Waals surface area contributed by atoms with E-state index < -0.39 is 28.3 Å². The van der Waals surface area contributed by atoms with E-state index in [1.165, 1.54) is 24.3 Å². The van der Waals surface area contributed by atoms with E-state index in [2.05, 4.69) is 0 Å². The molecular formula is C14H8F3NOS. The summed E-state index contributed by atoms with van der Waals surface area (Å²) in [5, 5.41) is 8.70. The van der Waals surface area contributed by atoms with Crippen molar-refractivity contribution in [2.45, 2.75) is 10.6 Å². The van der Waals surface area contributed by atoms with Crippen LogP contribution in [0, 0.1) is 28.8 Å². The van der Waals surface area contributed by atoms with Gasteiger partial charge in [0.1, 0.15) is 11.9 Å². The Morgan fingerprint density at radius 1 is 1.10 bits per heavy atom. The molecule has 1 atom stereocenters. The van der Waals surface area contributed by atoms with Gasteiger partial charge >= 0.3 is 0 Å². The van der Waals surface area contributed by atoms with Gasteiger partial charge in [-0.15, -0.1) is 0 Å². The van der Waals surface area contributed by atoms with Crippen LogP contribution in [-0.2, 0) is 16.6 Å². The number of rotatable bonds is 3. The Hall–Kier alpha value is -2.13. The molecule has 0 heterocycles. The molecule has 2 rings (SSSR count). The summed E-state index contributed by atoms with van der Waals surface area (Å²) >= 11 is 0. The Morgan fingerprint density at radius 3 is 2.50 bits per heavy atom. The second-order valence-electron chi connectivity index (χ2n) is 3.96. The van der Waals surface area contributed by atoms with Gasteiger partial charge in [-0.2, -0.15) is 5.26 Å². The maximum atomic E-state index is 13.8. The molecule has 0 saturated heterocycles. The minimum atomic E-state index is -1.73. The van der Waals surface area contributed by atoms with Crippen molar-refractivity contribution in [3.63, 3.8) is 0 Å². The molecule has 0 saturated carbocycles. The predicted molar refractivity (Wildman–Crippen MR) is 67.6 cm³/mol. The summed E-state index contributed by atoms with van der Waals surface area (Å²) in [6.45, 7) is 0. The predicted octanol–water partition coefficient (Wildman–Crippen LogP) is 3.28. The van der Waals surface area contributed by atoms with Crippen molar-refractivity contribution in [3.05, 3.63) is 65.0 Å². The molecule has 2 aromatic rings. The number of benzene rings is 2. The van der Waals surface area contributed by atoms with Gasteiger partial charge in [-0.3, -0.25) is 4.21 Å². The van der Waals surface area contributed by atoms with E-state index in [1.807, 2.05) is 0 Å². The number of nitriles is 1. The van der Waals surface area contributed by atoms with Gasteiger partial charge < -0.3 is 0 Å². The molecule has 2 nitrogen and oxygen atoms in total. The third kappa shape index (κ3) is 2.89. The minimum Gasteiger partial charge on any atom is -0.254 e. The van der Waals surface area contributed by atoms with E-state index in [9.17, 15) is 17.4 Å². The van der Waals surface area contributed by atoms with Crippen LogP contribution in [0.15, 0.2) is 41.3 Å². The highest BCUT2D eigenvalue weighted by molar-refractivity contribution is 7.84. The molecule has 0 aromatic heterocycles. The van der Waals surface area contributed by atoms with Crippen LogP contribution in [0.25, 0.3) is 0 Å². The average molecular weight is 295 g/mol. The lowest BCUT2D eigenvalue weighted by Gasteiger charge is -2.05. The maximum Gasteiger partial charge on any atom is 0.160 e. The second-order valence-corrected chi connectivity index (χ2v) is 5.41. The molecule has 0 spiro atoms. The standard InChI is InChI=1S/C14H8F3NOS/c15-12-5-4-11(6-13(12)16)20(19)8-10-3-1-2-9(7-18)14(10)17/h1-6H,8H2. The van der Waals surface area contributed by atoms with Crippen molar-refractivity contribution in [1.82, 2.24) is 0 Å². The summed E-state index contributed by atoms with van der Waals surface area (Å²) in [6, 6.07) is 8.72. The first-order valence-corrected chi connectivity index (χ1v) is 6.85. The van der Waals surface area contributed by atoms with Gasteiger partial charge in [0, 0.05) is 10.5 Å². The van der Waals surface area contributed by atoms with Crippen LogP contribution in [0.1, 0.15) is 11.1 Å². The highest BCUT2D eigenvalue weighted by Gasteiger charge is 2.13. The highest BCUT2D eigenvalue weighted by atomic mass is 32.2. The number of halogens is 3. The maximum absolute atomic E-state index is 13.8. The summed E-state index contributed by atoms with van der Waals surface area (Å²) < 4.78 is 51.6. The van der Waals surface area contributed by atoms with Crippen molar-refractivity contribution < 1.29 is 17.4 Å². The fourth-order valence-electron chi connectivity index (χ4n) is 1.62. The first-order chi connectivity index (χ1) is 9.52. The van der Waals surface area contributed by atoms with Crippen LogP contribution in [-0.4, -0.2) is 4.21 Å². The summed E-state index contributed by atoms with van der Waals surface area (Å²) in [7, 11) is -1.73. The van der Waals surface area contributed by atoms with Gasteiger partial charge in [-0.05, 0) is 24.3 Å². The largest absolute Gasteiger partial charge is 0.254 e. The molecule has 1 unspecified atom stereocenters. The van der Waals surface area contributed by atoms with Crippen molar-refractivity contribution in [3.8, 4) is 6.07 Å². The van der Waals surface area contributed by atoms with Crippen molar-refractivity contribution in [2.24, 2.45) is 0 Å². The molecule has 0 N–H and O–H groups in total. The Morgan fingerprint density at radius 2 is 1.85 bits per heavy atom. The zero-order valence-electron chi connectivity index (χ0n) is 10.1. The summed E-state index contributed by atoms with van der Waals surface area (Å²) in [4.78, 5) is 0.0608. The molecule has 20 heavy (non-hydrogen) atoms. The van der Waals surface area contributed by atoms with Gasteiger partial charge in [0.15, 0.2) is 11.6 Å². The monoisotopic (exact) mass is 295 g/mol. The fourth-order valence-corrected chi connectivity index (χ4v) is 2.75. The molecule has 0 amide bonds. The molecule has 0 aliphatic heterocycles. The summed E-state index contributed by atoms with van der Waals surface area (Å²) in [5.74, 6) is -3.11. The lowest BCUT2D eigenvalue weighted by atomic mass is 10.1. The van der Waals surface area contributed by atoms with Crippen LogP contribution in [0.3, 0.4) is 0 Å². The lowest BCUT2D eigenvalue weighted by molar-refractivity contribution is 0.505. The SMILES string of the molecule is N#Cc1cccc(CS(=O)c2ccc(F)c(F)c2)c1F. The highest BCUT2D eigenvalue weighted by Crippen LogP contribution is 2.19. The molecule has 0 fully saturated rings. The number of hydrogen-bond donors (Lipinski definition) is 0. The quantitative estimate of drug-likeness (QED) is 0.872. The van der Waals surface area contributed by atoms with Crippen molar-refractivity contribution in [2.75, 3.05) is 0 Å². The van der Waals surface area contributed by atoms with Crippen LogP contribution >= 0.6 is 0 Å². The van der Waals surface area contributed by atoms with E-state index in [-0.39, 0.29) is 21.8 Å². The number of hydrogen-bond acceptors (Lipinski definition) is 2. The van der Waals surface area contributed by atoms with Crippen molar-refractivity contribution in [1.29, 1.82) is 5.26 Å². The fraction of sp³-hybridized carbons (Fsp3) is 0.0714. The van der Waals surface area contributed by atoms with E-state index in [0.717, 1.165) is 12.1 Å². The van der Waals surface area contributed by atoms with Crippen LogP contribution in [0.4, 0.5) is 13.2 Å². The Bertz CT molecular complexity index is 725. The first kappa shape index (κ1) is 14.3. The topological polar surface area (TPSA) is 40.9 Å². The number of nitrogens with zero attached hydrogens (tertiary/aromatic N) is 1. The van der Waals surface area contributed by atoms with Gasteiger partial charge in [0.05, 0.1) is 22.1 Å². The van der Waals surface area contributed by atoms with E-state index in [0.29, 0.717) is 0 Å². The van der Waals surface area contributed by atoms with Crippen LogP contribution < -0.4 is 0 Å². The molecular weight excluding hydrogens is 287 g/mol. The minimum absolute atomic E-state index is 0.0608. The molecule has 102 valence electrons. The third-order valence-corrected chi connectivity index (χ3v) is 3.99. The van der Waals surface area contributed by atoms with Crippen LogP contribution in [0.5, 0.6) is 0 Å². The lowest BCUT2D eigenvalue weighted by Crippen LogP contribution is -2.01. The summed E-state index contributed by atoms with van der Waals surface area (Å²) in [6.07, 6.45) is 0. The second kappa shape index (κ2) is 5.88. The molecule has 0 aliphatic rings. The normalized spacial score (nSPS) is 11.9.